The summed E-state index contributed by atoms with van der Waals surface area (Å²) < 4.78 is 1.82. The molecule has 4 heteroatoms. The van der Waals surface area contributed by atoms with Crippen LogP contribution >= 0.6 is 0 Å². The highest BCUT2D eigenvalue weighted by Gasteiger charge is 2.14. The van der Waals surface area contributed by atoms with Gasteiger partial charge in [-0.3, -0.25) is 10.1 Å². The summed E-state index contributed by atoms with van der Waals surface area (Å²) in [5.74, 6) is 0. The highest BCUT2D eigenvalue weighted by molar-refractivity contribution is 5.23. The summed E-state index contributed by atoms with van der Waals surface area (Å²) in [5.41, 5.74) is 2.06. The SMILES string of the molecule is C=C(C)C[n+]1cc([N+](=O)[O-])ccc1C. The number of allylic oxidation sites excluding steroid dienone is 1. The van der Waals surface area contributed by atoms with E-state index in [4.69, 9.17) is 0 Å². The van der Waals surface area contributed by atoms with Crippen molar-refractivity contribution in [1.82, 2.24) is 0 Å². The highest BCUT2D eigenvalue weighted by atomic mass is 16.6. The van der Waals surface area contributed by atoms with Crippen molar-refractivity contribution in [3.63, 3.8) is 0 Å². The average molecular weight is 193 g/mol. The molecule has 0 bridgehead atoms. The molecule has 0 saturated carbocycles. The van der Waals surface area contributed by atoms with E-state index in [1.54, 1.807) is 6.07 Å². The van der Waals surface area contributed by atoms with Crippen LogP contribution in [0.2, 0.25) is 0 Å². The predicted octanol–water partition coefficient (Wildman–Crippen LogP) is 1.77. The number of rotatable bonds is 3. The van der Waals surface area contributed by atoms with E-state index in [2.05, 4.69) is 6.58 Å². The lowest BCUT2D eigenvalue weighted by Gasteiger charge is -1.99. The molecule has 0 amide bonds. The molecule has 1 rings (SSSR count). The van der Waals surface area contributed by atoms with Crippen LogP contribution in [0, 0.1) is 17.0 Å². The van der Waals surface area contributed by atoms with Gasteiger partial charge in [-0.2, -0.15) is 4.57 Å². The molecule has 0 unspecified atom stereocenters. The molecule has 0 saturated heterocycles. The Balaban J connectivity index is 3.08. The molecule has 0 aromatic carbocycles. The van der Waals surface area contributed by atoms with Crippen LogP contribution < -0.4 is 4.57 Å². The molecule has 1 aromatic heterocycles. The van der Waals surface area contributed by atoms with E-state index in [-0.39, 0.29) is 5.69 Å². The Morgan fingerprint density at radius 2 is 2.29 bits per heavy atom. The largest absolute Gasteiger partial charge is 0.332 e. The molecule has 0 atom stereocenters. The highest BCUT2D eigenvalue weighted by Crippen LogP contribution is 2.07. The third kappa shape index (κ3) is 2.39. The number of hydrogen-bond donors (Lipinski definition) is 0. The van der Waals surface area contributed by atoms with Gasteiger partial charge in [0.2, 0.25) is 6.20 Å². The van der Waals surface area contributed by atoms with Crippen LogP contribution in [0.15, 0.2) is 30.5 Å². The maximum Gasteiger partial charge on any atom is 0.332 e. The van der Waals surface area contributed by atoms with Gasteiger partial charge in [0, 0.05) is 19.1 Å². The molecular weight excluding hydrogens is 180 g/mol. The van der Waals surface area contributed by atoms with Gasteiger partial charge in [-0.15, -0.1) is 0 Å². The minimum atomic E-state index is -0.394. The van der Waals surface area contributed by atoms with Gasteiger partial charge in [0.15, 0.2) is 12.2 Å². The fourth-order valence-corrected chi connectivity index (χ4v) is 1.18. The van der Waals surface area contributed by atoms with Crippen molar-refractivity contribution < 1.29 is 9.49 Å². The fraction of sp³-hybridized carbons (Fsp3) is 0.300. The van der Waals surface area contributed by atoms with E-state index < -0.39 is 4.92 Å². The summed E-state index contributed by atoms with van der Waals surface area (Å²) in [6.45, 7) is 8.20. The van der Waals surface area contributed by atoms with E-state index in [0.717, 1.165) is 11.3 Å². The zero-order valence-electron chi connectivity index (χ0n) is 8.36. The Bertz CT molecular complexity index is 386. The summed E-state index contributed by atoms with van der Waals surface area (Å²) in [4.78, 5) is 10.1. The summed E-state index contributed by atoms with van der Waals surface area (Å²) >= 11 is 0. The summed E-state index contributed by atoms with van der Waals surface area (Å²) in [6, 6.07) is 3.24. The third-order valence-corrected chi connectivity index (χ3v) is 1.89. The molecule has 1 aromatic rings. The lowest BCUT2D eigenvalue weighted by molar-refractivity contribution is -0.697. The standard InChI is InChI=1S/C10H13N2O2/c1-8(2)6-11-7-10(12(13)14)5-4-9(11)3/h4-5,7H,1,6H2,2-3H3/q+1. The van der Waals surface area contributed by atoms with E-state index in [9.17, 15) is 10.1 Å². The van der Waals surface area contributed by atoms with Gasteiger partial charge < -0.3 is 0 Å². The Hall–Kier alpha value is -1.71. The van der Waals surface area contributed by atoms with Crippen molar-refractivity contribution >= 4 is 5.69 Å². The summed E-state index contributed by atoms with van der Waals surface area (Å²) in [5, 5.41) is 10.5. The molecule has 0 aliphatic rings. The van der Waals surface area contributed by atoms with Crippen LogP contribution in [0.4, 0.5) is 5.69 Å². The summed E-state index contributed by atoms with van der Waals surface area (Å²) in [6.07, 6.45) is 1.53. The van der Waals surface area contributed by atoms with Crippen LogP contribution in [0.3, 0.4) is 0 Å². The molecule has 0 aliphatic carbocycles. The maximum absolute atomic E-state index is 10.5. The lowest BCUT2D eigenvalue weighted by Crippen LogP contribution is -2.37. The quantitative estimate of drug-likeness (QED) is 0.318. The first kappa shape index (κ1) is 10.4. The molecule has 0 fully saturated rings. The van der Waals surface area contributed by atoms with Gasteiger partial charge in [0.25, 0.3) is 0 Å². The van der Waals surface area contributed by atoms with Crippen molar-refractivity contribution in [3.05, 3.63) is 46.3 Å². The Kier molecular flexibility index (Phi) is 2.96. The number of pyridine rings is 1. The van der Waals surface area contributed by atoms with Gasteiger partial charge in [0.05, 0.1) is 4.92 Å². The van der Waals surface area contributed by atoms with Crippen LogP contribution in [0.5, 0.6) is 0 Å². The van der Waals surface area contributed by atoms with Crippen LogP contribution in [-0.4, -0.2) is 4.92 Å². The number of aryl methyl sites for hydroxylation is 1. The topological polar surface area (TPSA) is 47.0 Å². The lowest BCUT2D eigenvalue weighted by atomic mass is 10.3. The second kappa shape index (κ2) is 4.00. The van der Waals surface area contributed by atoms with E-state index >= 15 is 0 Å². The molecule has 14 heavy (non-hydrogen) atoms. The van der Waals surface area contributed by atoms with Crippen molar-refractivity contribution in [2.75, 3.05) is 0 Å². The fourth-order valence-electron chi connectivity index (χ4n) is 1.18. The molecule has 4 nitrogen and oxygen atoms in total. The maximum atomic E-state index is 10.5. The van der Waals surface area contributed by atoms with E-state index in [0.29, 0.717) is 6.54 Å². The van der Waals surface area contributed by atoms with Crippen molar-refractivity contribution in [3.8, 4) is 0 Å². The minimum Gasteiger partial charge on any atom is -0.258 e. The first-order valence-corrected chi connectivity index (χ1v) is 4.29. The van der Waals surface area contributed by atoms with Crippen molar-refractivity contribution in [1.29, 1.82) is 0 Å². The zero-order chi connectivity index (χ0) is 10.7. The average Bonchev–Trinajstić information content (AvgIpc) is 2.07. The van der Waals surface area contributed by atoms with Crippen LogP contribution in [0.25, 0.3) is 0 Å². The Labute approximate surface area is 82.6 Å². The minimum absolute atomic E-state index is 0.108. The molecule has 0 radical (unpaired) electrons. The number of nitro groups is 1. The molecule has 0 spiro atoms. The zero-order valence-corrected chi connectivity index (χ0v) is 8.36. The first-order valence-electron chi connectivity index (χ1n) is 4.29. The van der Waals surface area contributed by atoms with Gasteiger partial charge >= 0.3 is 5.69 Å². The smallest absolute Gasteiger partial charge is 0.258 e. The van der Waals surface area contributed by atoms with Crippen molar-refractivity contribution in [2.45, 2.75) is 20.4 Å². The Morgan fingerprint density at radius 1 is 1.64 bits per heavy atom. The van der Waals surface area contributed by atoms with Gasteiger partial charge in [0.1, 0.15) is 0 Å². The molecular formula is C10H13N2O2+. The van der Waals surface area contributed by atoms with Crippen molar-refractivity contribution in [2.24, 2.45) is 0 Å². The third-order valence-electron chi connectivity index (χ3n) is 1.89. The monoisotopic (exact) mass is 193 g/mol. The predicted molar refractivity (Wildman–Crippen MR) is 52.8 cm³/mol. The van der Waals surface area contributed by atoms with Crippen LogP contribution in [-0.2, 0) is 6.54 Å². The second-order valence-electron chi connectivity index (χ2n) is 3.37. The first-order chi connectivity index (χ1) is 6.50. The molecule has 1 heterocycles. The summed E-state index contributed by atoms with van der Waals surface area (Å²) in [7, 11) is 0. The molecule has 0 aliphatic heterocycles. The van der Waals surface area contributed by atoms with Gasteiger partial charge in [-0.25, -0.2) is 0 Å². The normalized spacial score (nSPS) is 9.86. The van der Waals surface area contributed by atoms with E-state index in [1.165, 1.54) is 12.3 Å². The number of nitrogens with zero attached hydrogens (tertiary/aromatic N) is 2. The van der Waals surface area contributed by atoms with E-state index in [1.807, 2.05) is 18.4 Å². The Morgan fingerprint density at radius 3 is 2.79 bits per heavy atom. The van der Waals surface area contributed by atoms with Crippen LogP contribution in [0.1, 0.15) is 12.6 Å². The second-order valence-corrected chi connectivity index (χ2v) is 3.37. The van der Waals surface area contributed by atoms with Gasteiger partial charge in [-0.1, -0.05) is 6.58 Å². The molecule has 74 valence electrons. The molecule has 0 N–H and O–H groups in total. The van der Waals surface area contributed by atoms with Gasteiger partial charge in [-0.05, 0) is 12.5 Å². The number of aromatic nitrogens is 1. The number of hydrogen-bond acceptors (Lipinski definition) is 2.